The third-order valence-electron chi connectivity index (χ3n) is 2.46. The van der Waals surface area contributed by atoms with Gasteiger partial charge in [0.15, 0.2) is 0 Å². The number of hydrogen-bond donors (Lipinski definition) is 1. The first-order chi connectivity index (χ1) is 6.74. The molecule has 0 atom stereocenters. The van der Waals surface area contributed by atoms with E-state index >= 15 is 0 Å². The van der Waals surface area contributed by atoms with Crippen LogP contribution in [0.4, 0.5) is 5.69 Å². The Morgan fingerprint density at radius 2 is 1.93 bits per heavy atom. The minimum atomic E-state index is 0.796. The predicted octanol–water partition coefficient (Wildman–Crippen LogP) is 2.74. The van der Waals surface area contributed by atoms with Crippen molar-refractivity contribution in [1.82, 2.24) is 0 Å². The minimum absolute atomic E-state index is 0.796. The SMILES string of the molecule is COc1cccc2c(N)ccc(C)c12. The topological polar surface area (TPSA) is 35.2 Å². The number of benzene rings is 2. The van der Waals surface area contributed by atoms with Gasteiger partial charge in [0.05, 0.1) is 7.11 Å². The standard InChI is InChI=1S/C12H13NO/c1-8-6-7-10(13)9-4-3-5-11(14-2)12(8)9/h3-7H,13H2,1-2H3. The van der Waals surface area contributed by atoms with Crippen LogP contribution in [0.25, 0.3) is 10.8 Å². The van der Waals surface area contributed by atoms with Crippen molar-refractivity contribution in [2.24, 2.45) is 0 Å². The van der Waals surface area contributed by atoms with Crippen LogP contribution in [0.2, 0.25) is 0 Å². The molecule has 0 saturated heterocycles. The average Bonchev–Trinajstić information content (AvgIpc) is 2.23. The molecule has 0 unspecified atom stereocenters. The van der Waals surface area contributed by atoms with E-state index in [1.54, 1.807) is 7.11 Å². The minimum Gasteiger partial charge on any atom is -0.496 e. The quantitative estimate of drug-likeness (QED) is 0.697. The molecule has 2 rings (SSSR count). The summed E-state index contributed by atoms with van der Waals surface area (Å²) in [4.78, 5) is 0. The van der Waals surface area contributed by atoms with E-state index < -0.39 is 0 Å². The van der Waals surface area contributed by atoms with Gasteiger partial charge in [-0.15, -0.1) is 0 Å². The second-order valence-corrected chi connectivity index (χ2v) is 3.35. The molecule has 0 amide bonds. The van der Waals surface area contributed by atoms with Gasteiger partial charge in [-0.2, -0.15) is 0 Å². The zero-order chi connectivity index (χ0) is 10.1. The maximum absolute atomic E-state index is 5.89. The van der Waals surface area contributed by atoms with Gasteiger partial charge in [-0.3, -0.25) is 0 Å². The molecular weight excluding hydrogens is 174 g/mol. The Balaban J connectivity index is 2.92. The average molecular weight is 187 g/mol. The Kier molecular flexibility index (Phi) is 2.04. The van der Waals surface area contributed by atoms with Gasteiger partial charge in [-0.05, 0) is 24.6 Å². The zero-order valence-corrected chi connectivity index (χ0v) is 8.37. The third kappa shape index (κ3) is 1.20. The second-order valence-electron chi connectivity index (χ2n) is 3.35. The smallest absolute Gasteiger partial charge is 0.127 e. The van der Waals surface area contributed by atoms with Gasteiger partial charge < -0.3 is 10.5 Å². The van der Waals surface area contributed by atoms with Crippen LogP contribution in [0.15, 0.2) is 30.3 Å². The summed E-state index contributed by atoms with van der Waals surface area (Å²) in [5.41, 5.74) is 7.88. The van der Waals surface area contributed by atoms with Crippen LogP contribution in [0.5, 0.6) is 5.75 Å². The van der Waals surface area contributed by atoms with Crippen molar-refractivity contribution in [2.45, 2.75) is 6.92 Å². The van der Waals surface area contributed by atoms with Gasteiger partial charge in [0.25, 0.3) is 0 Å². The molecule has 0 heterocycles. The summed E-state index contributed by atoms with van der Waals surface area (Å²) in [6, 6.07) is 9.86. The van der Waals surface area contributed by atoms with Crippen LogP contribution in [-0.4, -0.2) is 7.11 Å². The molecule has 14 heavy (non-hydrogen) atoms. The van der Waals surface area contributed by atoms with Gasteiger partial charge in [0.2, 0.25) is 0 Å². The number of rotatable bonds is 1. The highest BCUT2D eigenvalue weighted by Crippen LogP contribution is 2.31. The number of nitrogen functional groups attached to an aromatic ring is 1. The highest BCUT2D eigenvalue weighted by Gasteiger charge is 2.05. The zero-order valence-electron chi connectivity index (χ0n) is 8.37. The summed E-state index contributed by atoms with van der Waals surface area (Å²) in [7, 11) is 1.68. The summed E-state index contributed by atoms with van der Waals surface area (Å²) in [5.74, 6) is 0.882. The molecule has 0 spiro atoms. The van der Waals surface area contributed by atoms with E-state index in [2.05, 4.69) is 6.92 Å². The van der Waals surface area contributed by atoms with Crippen molar-refractivity contribution in [3.05, 3.63) is 35.9 Å². The van der Waals surface area contributed by atoms with Crippen molar-refractivity contribution in [2.75, 3.05) is 12.8 Å². The fraction of sp³-hybridized carbons (Fsp3) is 0.167. The van der Waals surface area contributed by atoms with Gasteiger partial charge in [0, 0.05) is 16.5 Å². The van der Waals surface area contributed by atoms with E-state index in [9.17, 15) is 0 Å². The molecule has 0 aliphatic rings. The molecule has 0 saturated carbocycles. The van der Waals surface area contributed by atoms with E-state index in [-0.39, 0.29) is 0 Å². The number of ether oxygens (including phenoxy) is 1. The van der Waals surface area contributed by atoms with E-state index in [1.165, 1.54) is 5.56 Å². The van der Waals surface area contributed by atoms with Crippen molar-refractivity contribution < 1.29 is 4.74 Å². The van der Waals surface area contributed by atoms with Crippen molar-refractivity contribution >= 4 is 16.5 Å². The molecule has 2 aromatic rings. The highest BCUT2D eigenvalue weighted by atomic mass is 16.5. The first-order valence-corrected chi connectivity index (χ1v) is 4.56. The summed E-state index contributed by atoms with van der Waals surface area (Å²) >= 11 is 0. The van der Waals surface area contributed by atoms with Crippen LogP contribution in [-0.2, 0) is 0 Å². The van der Waals surface area contributed by atoms with Crippen molar-refractivity contribution in [1.29, 1.82) is 0 Å². The lowest BCUT2D eigenvalue weighted by Gasteiger charge is -2.09. The number of fused-ring (bicyclic) bond motifs is 1. The second kappa shape index (κ2) is 3.22. The fourth-order valence-corrected chi connectivity index (χ4v) is 1.74. The van der Waals surface area contributed by atoms with Gasteiger partial charge in [-0.1, -0.05) is 18.2 Å². The maximum Gasteiger partial charge on any atom is 0.127 e. The summed E-state index contributed by atoms with van der Waals surface area (Å²) < 4.78 is 5.31. The number of hydrogen-bond acceptors (Lipinski definition) is 2. The Hall–Kier alpha value is -1.70. The predicted molar refractivity (Wildman–Crippen MR) is 59.6 cm³/mol. The Labute approximate surface area is 83.3 Å². The van der Waals surface area contributed by atoms with E-state index in [1.807, 2.05) is 30.3 Å². The third-order valence-corrected chi connectivity index (χ3v) is 2.46. The monoisotopic (exact) mass is 187 g/mol. The Morgan fingerprint density at radius 1 is 1.14 bits per heavy atom. The Morgan fingerprint density at radius 3 is 2.64 bits per heavy atom. The largest absolute Gasteiger partial charge is 0.496 e. The number of nitrogens with two attached hydrogens (primary N) is 1. The molecule has 72 valence electrons. The van der Waals surface area contributed by atoms with E-state index in [4.69, 9.17) is 10.5 Å². The van der Waals surface area contributed by atoms with Crippen molar-refractivity contribution in [3.8, 4) is 5.75 Å². The van der Waals surface area contributed by atoms with Crippen LogP contribution in [0, 0.1) is 6.92 Å². The summed E-state index contributed by atoms with van der Waals surface area (Å²) in [6.07, 6.45) is 0. The van der Waals surface area contributed by atoms with E-state index in [0.29, 0.717) is 0 Å². The van der Waals surface area contributed by atoms with E-state index in [0.717, 1.165) is 22.2 Å². The normalized spacial score (nSPS) is 10.4. The van der Waals surface area contributed by atoms with Crippen LogP contribution in [0.1, 0.15) is 5.56 Å². The maximum atomic E-state index is 5.89. The molecule has 0 aliphatic carbocycles. The van der Waals surface area contributed by atoms with Crippen LogP contribution in [0.3, 0.4) is 0 Å². The van der Waals surface area contributed by atoms with Crippen LogP contribution < -0.4 is 10.5 Å². The number of aryl methyl sites for hydroxylation is 1. The van der Waals surface area contributed by atoms with Gasteiger partial charge >= 0.3 is 0 Å². The lowest BCUT2D eigenvalue weighted by Crippen LogP contribution is -1.91. The molecule has 0 fully saturated rings. The lowest BCUT2D eigenvalue weighted by atomic mass is 10.0. The molecule has 0 bridgehead atoms. The molecule has 0 aliphatic heterocycles. The molecule has 2 nitrogen and oxygen atoms in total. The number of anilines is 1. The molecule has 0 aromatic heterocycles. The summed E-state index contributed by atoms with van der Waals surface area (Å²) in [6.45, 7) is 2.06. The molecule has 2 heteroatoms. The first kappa shape index (κ1) is 8.88. The number of methoxy groups -OCH3 is 1. The highest BCUT2D eigenvalue weighted by molar-refractivity contribution is 5.98. The summed E-state index contributed by atoms with van der Waals surface area (Å²) in [5, 5.41) is 2.17. The molecule has 2 N–H and O–H groups in total. The van der Waals surface area contributed by atoms with Crippen LogP contribution >= 0.6 is 0 Å². The fourth-order valence-electron chi connectivity index (χ4n) is 1.74. The van der Waals surface area contributed by atoms with Crippen molar-refractivity contribution in [3.63, 3.8) is 0 Å². The van der Waals surface area contributed by atoms with Gasteiger partial charge in [0.1, 0.15) is 5.75 Å². The van der Waals surface area contributed by atoms with Gasteiger partial charge in [-0.25, -0.2) is 0 Å². The molecule has 0 radical (unpaired) electrons. The lowest BCUT2D eigenvalue weighted by molar-refractivity contribution is 0.419. The first-order valence-electron chi connectivity index (χ1n) is 4.56. The Bertz CT molecular complexity index is 477. The molecular formula is C12H13NO. The molecule has 2 aromatic carbocycles.